The van der Waals surface area contributed by atoms with Crippen molar-refractivity contribution < 1.29 is 9.53 Å². The van der Waals surface area contributed by atoms with Gasteiger partial charge in [0.1, 0.15) is 16.2 Å². The number of thiophene rings is 1. The summed E-state index contributed by atoms with van der Waals surface area (Å²) >= 11 is 3.28. The number of nitrogens with one attached hydrogen (secondary N) is 1. The molecule has 22 heavy (non-hydrogen) atoms. The predicted molar refractivity (Wildman–Crippen MR) is 89.6 cm³/mol. The molecule has 3 rings (SSSR count). The summed E-state index contributed by atoms with van der Waals surface area (Å²) in [6.45, 7) is 2.97. The van der Waals surface area contributed by atoms with E-state index in [2.05, 4.69) is 15.3 Å². The highest BCUT2D eigenvalue weighted by atomic mass is 32.2. The van der Waals surface area contributed by atoms with E-state index in [4.69, 9.17) is 4.74 Å². The molecule has 0 saturated carbocycles. The van der Waals surface area contributed by atoms with Gasteiger partial charge in [-0.2, -0.15) is 0 Å². The van der Waals surface area contributed by atoms with Crippen LogP contribution < -0.4 is 5.32 Å². The van der Waals surface area contributed by atoms with Crippen molar-refractivity contribution in [2.24, 2.45) is 0 Å². The van der Waals surface area contributed by atoms with E-state index < -0.39 is 0 Å². The van der Waals surface area contributed by atoms with Crippen LogP contribution in [0.25, 0.3) is 10.2 Å². The zero-order valence-electron chi connectivity index (χ0n) is 12.7. The van der Waals surface area contributed by atoms with Gasteiger partial charge in [0.05, 0.1) is 11.9 Å². The highest BCUT2D eigenvalue weighted by molar-refractivity contribution is 8.00. The third kappa shape index (κ3) is 3.11. The number of carbonyl (C=O) groups is 1. The van der Waals surface area contributed by atoms with E-state index in [0.29, 0.717) is 13.2 Å². The number of ether oxygens (including phenoxy) is 1. The fraction of sp³-hybridized carbons (Fsp3) is 0.533. The summed E-state index contributed by atoms with van der Waals surface area (Å²) in [4.78, 5) is 23.4. The quantitative estimate of drug-likeness (QED) is 0.498. The van der Waals surface area contributed by atoms with Gasteiger partial charge in [-0.05, 0) is 31.7 Å². The van der Waals surface area contributed by atoms with Crippen molar-refractivity contribution in [1.82, 2.24) is 15.3 Å². The lowest BCUT2D eigenvalue weighted by Gasteiger charge is -2.12. The Hall–Kier alpha value is -1.18. The number of aromatic nitrogens is 2. The van der Waals surface area contributed by atoms with Crippen LogP contribution in [0.1, 0.15) is 23.8 Å². The molecule has 2 aromatic heterocycles. The molecule has 5 nitrogen and oxygen atoms in total. The average molecular weight is 337 g/mol. The Balaban J connectivity index is 1.77. The Morgan fingerprint density at radius 1 is 1.50 bits per heavy atom. The molecule has 1 aliphatic carbocycles. The second-order valence-electron chi connectivity index (χ2n) is 5.26. The second-order valence-corrected chi connectivity index (χ2v) is 7.67. The Bertz CT molecular complexity index is 687. The smallest absolute Gasteiger partial charge is 0.233 e. The van der Waals surface area contributed by atoms with E-state index in [1.54, 1.807) is 24.8 Å². The highest BCUT2D eigenvalue weighted by Crippen LogP contribution is 2.40. The van der Waals surface area contributed by atoms with Gasteiger partial charge in [-0.15, -0.1) is 11.3 Å². The van der Waals surface area contributed by atoms with E-state index in [-0.39, 0.29) is 11.2 Å². The van der Waals surface area contributed by atoms with Crippen LogP contribution in [0.15, 0.2) is 11.4 Å². The van der Waals surface area contributed by atoms with Crippen molar-refractivity contribution in [3.8, 4) is 0 Å². The van der Waals surface area contributed by atoms with Gasteiger partial charge in [0.25, 0.3) is 0 Å². The van der Waals surface area contributed by atoms with Crippen LogP contribution in [0.3, 0.4) is 0 Å². The number of hydrogen-bond donors (Lipinski definition) is 1. The minimum atomic E-state index is -0.188. The van der Waals surface area contributed by atoms with E-state index in [1.807, 2.05) is 6.92 Å². The van der Waals surface area contributed by atoms with Crippen LogP contribution in [-0.4, -0.2) is 41.4 Å². The first-order chi connectivity index (χ1) is 10.7. The van der Waals surface area contributed by atoms with Crippen LogP contribution in [0.4, 0.5) is 0 Å². The Morgan fingerprint density at radius 2 is 2.36 bits per heavy atom. The lowest BCUT2D eigenvalue weighted by Crippen LogP contribution is -2.33. The SMILES string of the molecule is COCCNC(=O)[C@H](C)Sc1ncnc2sc3c(c12)CCC3. The largest absolute Gasteiger partial charge is 0.383 e. The summed E-state index contributed by atoms with van der Waals surface area (Å²) in [5, 5.41) is 4.78. The third-order valence-electron chi connectivity index (χ3n) is 3.73. The number of aryl methyl sites for hydroxylation is 2. The van der Waals surface area contributed by atoms with E-state index in [9.17, 15) is 4.79 Å². The maximum Gasteiger partial charge on any atom is 0.233 e. The third-order valence-corrected chi connectivity index (χ3v) is 6.03. The van der Waals surface area contributed by atoms with E-state index in [1.165, 1.54) is 34.0 Å². The maximum atomic E-state index is 12.1. The van der Waals surface area contributed by atoms with Gasteiger partial charge in [-0.25, -0.2) is 9.97 Å². The summed E-state index contributed by atoms with van der Waals surface area (Å²) in [5.74, 6) is 0.0145. The standard InChI is InChI=1S/C15H19N3O2S2/c1-9(13(19)16-6-7-20-2)21-14-12-10-4-3-5-11(10)22-15(12)18-8-17-14/h8-9H,3-7H2,1-2H3,(H,16,19)/t9-/m0/s1. The van der Waals surface area contributed by atoms with Crippen LogP contribution in [0, 0.1) is 0 Å². The number of nitrogens with zero attached hydrogens (tertiary/aromatic N) is 2. The first-order valence-corrected chi connectivity index (χ1v) is 9.09. The molecule has 1 aliphatic rings. The minimum Gasteiger partial charge on any atom is -0.383 e. The molecular weight excluding hydrogens is 318 g/mol. The Labute approximate surface area is 137 Å². The molecule has 1 amide bonds. The molecule has 0 aliphatic heterocycles. The normalized spacial score (nSPS) is 15.0. The lowest BCUT2D eigenvalue weighted by molar-refractivity contribution is -0.120. The summed E-state index contributed by atoms with van der Waals surface area (Å²) < 4.78 is 4.95. The first-order valence-electron chi connectivity index (χ1n) is 7.39. The molecule has 0 saturated heterocycles. The fourth-order valence-electron chi connectivity index (χ4n) is 2.63. The molecule has 0 bridgehead atoms. The molecule has 0 radical (unpaired) electrons. The van der Waals surface area contributed by atoms with E-state index in [0.717, 1.165) is 22.7 Å². The Morgan fingerprint density at radius 3 is 3.18 bits per heavy atom. The molecule has 2 aromatic rings. The van der Waals surface area contributed by atoms with Gasteiger partial charge < -0.3 is 10.1 Å². The second kappa shape index (κ2) is 6.93. The van der Waals surface area contributed by atoms with Gasteiger partial charge in [-0.1, -0.05) is 11.8 Å². The lowest BCUT2D eigenvalue weighted by atomic mass is 10.2. The van der Waals surface area contributed by atoms with Crippen LogP contribution in [0.2, 0.25) is 0 Å². The van der Waals surface area contributed by atoms with Crippen molar-refractivity contribution in [1.29, 1.82) is 0 Å². The zero-order valence-corrected chi connectivity index (χ0v) is 14.4. The van der Waals surface area contributed by atoms with Gasteiger partial charge in [0.15, 0.2) is 0 Å². The molecule has 7 heteroatoms. The first kappa shape index (κ1) is 15.7. The number of rotatable bonds is 6. The molecule has 118 valence electrons. The van der Waals surface area contributed by atoms with Crippen molar-refractivity contribution >= 4 is 39.2 Å². The number of methoxy groups -OCH3 is 1. The molecule has 0 fully saturated rings. The summed E-state index contributed by atoms with van der Waals surface area (Å²) in [6.07, 6.45) is 5.06. The maximum absolute atomic E-state index is 12.1. The van der Waals surface area contributed by atoms with Crippen LogP contribution >= 0.6 is 23.1 Å². The zero-order chi connectivity index (χ0) is 15.5. The number of carbonyl (C=O) groups excluding carboxylic acids is 1. The van der Waals surface area contributed by atoms with Gasteiger partial charge >= 0.3 is 0 Å². The topological polar surface area (TPSA) is 64.1 Å². The molecular formula is C15H19N3O2S2. The monoisotopic (exact) mass is 337 g/mol. The fourth-order valence-corrected chi connectivity index (χ4v) is 4.89. The molecule has 1 atom stereocenters. The molecule has 0 unspecified atom stereocenters. The number of amides is 1. The van der Waals surface area contributed by atoms with E-state index >= 15 is 0 Å². The van der Waals surface area contributed by atoms with Crippen molar-refractivity contribution in [3.05, 3.63) is 16.8 Å². The summed E-state index contributed by atoms with van der Waals surface area (Å²) in [7, 11) is 1.62. The molecule has 0 spiro atoms. The summed E-state index contributed by atoms with van der Waals surface area (Å²) in [5.41, 5.74) is 1.40. The molecule has 0 aromatic carbocycles. The molecule has 1 N–H and O–H groups in total. The average Bonchev–Trinajstić information content (AvgIpc) is 3.08. The highest BCUT2D eigenvalue weighted by Gasteiger charge is 2.23. The number of thioether (sulfide) groups is 1. The van der Waals surface area contributed by atoms with Crippen molar-refractivity contribution in [3.63, 3.8) is 0 Å². The Kier molecular flexibility index (Phi) is 4.95. The number of fused-ring (bicyclic) bond motifs is 3. The summed E-state index contributed by atoms with van der Waals surface area (Å²) in [6, 6.07) is 0. The predicted octanol–water partition coefficient (Wildman–Crippen LogP) is 2.42. The number of hydrogen-bond acceptors (Lipinski definition) is 6. The van der Waals surface area contributed by atoms with Gasteiger partial charge in [0, 0.05) is 23.9 Å². The van der Waals surface area contributed by atoms with Crippen LogP contribution in [0.5, 0.6) is 0 Å². The van der Waals surface area contributed by atoms with Crippen LogP contribution in [-0.2, 0) is 22.4 Å². The van der Waals surface area contributed by atoms with Gasteiger partial charge in [0.2, 0.25) is 5.91 Å². The van der Waals surface area contributed by atoms with Crippen molar-refractivity contribution in [2.75, 3.05) is 20.3 Å². The van der Waals surface area contributed by atoms with Gasteiger partial charge in [-0.3, -0.25) is 4.79 Å². The van der Waals surface area contributed by atoms with Crippen molar-refractivity contribution in [2.45, 2.75) is 36.5 Å². The molecule has 2 heterocycles. The minimum absolute atomic E-state index is 0.0145.